The summed E-state index contributed by atoms with van der Waals surface area (Å²) < 4.78 is 29.9. The van der Waals surface area contributed by atoms with E-state index in [0.717, 1.165) is 6.42 Å². The fourth-order valence-electron chi connectivity index (χ4n) is 0.456. The Kier molecular flexibility index (Phi) is 9.58. The summed E-state index contributed by atoms with van der Waals surface area (Å²) in [6, 6.07) is 0. The molecule has 66 valence electrons. The monoisotopic (exact) mass is 219 g/mol. The fraction of sp³-hybridized carbons (Fsp3) is 0.800. The van der Waals surface area contributed by atoms with Crippen LogP contribution in [-0.2, 0) is 10.1 Å². The van der Waals surface area contributed by atoms with E-state index < -0.39 is 15.4 Å². The number of hydrogen-bond acceptors (Lipinski definition) is 4. The molecule has 0 bridgehead atoms. The quantitative estimate of drug-likeness (QED) is 0.312. The number of unbranched alkanes of at least 4 members (excludes halogenated alkanes) is 1. The van der Waals surface area contributed by atoms with Crippen LogP contribution in [0.5, 0.6) is 0 Å². The third kappa shape index (κ3) is 7.65. The van der Waals surface area contributed by atoms with Gasteiger partial charge in [0.15, 0.2) is 10.1 Å². The van der Waals surface area contributed by atoms with Crippen LogP contribution < -0.4 is 56.7 Å². The summed E-state index contributed by atoms with van der Waals surface area (Å²) in [5.74, 6) is 0. The van der Waals surface area contributed by atoms with Crippen molar-refractivity contribution in [2.45, 2.75) is 19.8 Å². The Hall–Kier alpha value is 1.02. The molecule has 0 atom stereocenters. The Morgan fingerprint density at radius 1 is 1.50 bits per heavy atom. The molecule has 0 aromatic rings. The van der Waals surface area contributed by atoms with Crippen molar-refractivity contribution in [1.82, 2.24) is 5.32 Å². The van der Waals surface area contributed by atoms with E-state index in [2.05, 4.69) is 0 Å². The first-order valence-corrected chi connectivity index (χ1v) is 4.63. The zero-order valence-electron chi connectivity index (χ0n) is 7.16. The molecule has 0 spiro atoms. The average Bonchev–Trinajstić information content (AvgIpc) is 1.86. The van der Waals surface area contributed by atoms with E-state index in [1.807, 2.05) is 12.2 Å². The first kappa shape index (κ1) is 15.5. The zero-order valence-corrected chi connectivity index (χ0v) is 11.1. The second-order valence-corrected chi connectivity index (χ2v) is 3.30. The van der Waals surface area contributed by atoms with Gasteiger partial charge in [-0.15, -0.1) is 0 Å². The minimum Gasteiger partial charge on any atom is -0.740 e. The predicted octanol–water partition coefficient (Wildman–Crippen LogP) is -2.95. The molecule has 0 aliphatic rings. The molecular weight excluding hydrogens is 209 g/mol. The molecule has 0 aliphatic carbocycles. The van der Waals surface area contributed by atoms with Crippen molar-refractivity contribution in [2.75, 3.05) is 6.54 Å². The van der Waals surface area contributed by atoms with Crippen molar-refractivity contribution < 1.29 is 69.1 Å². The third-order valence-electron chi connectivity index (χ3n) is 1.03. The van der Waals surface area contributed by atoms with Gasteiger partial charge in [0.25, 0.3) is 0 Å². The van der Waals surface area contributed by atoms with Crippen LogP contribution in [0.15, 0.2) is 0 Å². The van der Waals surface area contributed by atoms with Gasteiger partial charge in [-0.25, -0.2) is 8.42 Å². The maximum Gasteiger partial charge on any atom is 1.00 e. The molecule has 12 heavy (non-hydrogen) atoms. The van der Waals surface area contributed by atoms with Crippen LogP contribution in [0.4, 0.5) is 4.79 Å². The van der Waals surface area contributed by atoms with Gasteiger partial charge in [0, 0.05) is 6.54 Å². The molecule has 0 heterocycles. The van der Waals surface area contributed by atoms with Gasteiger partial charge < -0.3 is 9.87 Å². The number of carbonyl (C=O) groups excluding carboxylic acids is 1. The third-order valence-corrected chi connectivity index (χ3v) is 1.63. The summed E-state index contributed by atoms with van der Waals surface area (Å²) in [4.78, 5) is 10.3. The van der Waals surface area contributed by atoms with Crippen molar-refractivity contribution >= 4 is 15.4 Å². The van der Waals surface area contributed by atoms with Gasteiger partial charge in [-0.3, -0.25) is 4.79 Å². The van der Waals surface area contributed by atoms with E-state index in [1.165, 1.54) is 0 Å². The molecule has 0 rings (SSSR count). The Bertz CT molecular complexity index is 226. The van der Waals surface area contributed by atoms with Crippen LogP contribution in [0.25, 0.3) is 0 Å². The SMILES string of the molecule is CCCCNC(=O)S(=O)(=O)[O-].[K+]. The van der Waals surface area contributed by atoms with E-state index >= 15 is 0 Å². The minimum absolute atomic E-state index is 0. The van der Waals surface area contributed by atoms with Crippen LogP contribution in [0, 0.1) is 0 Å². The summed E-state index contributed by atoms with van der Waals surface area (Å²) in [5.41, 5.74) is 0. The van der Waals surface area contributed by atoms with Crippen LogP contribution in [-0.4, -0.2) is 24.8 Å². The largest absolute Gasteiger partial charge is 1.00 e. The molecule has 0 aliphatic heterocycles. The van der Waals surface area contributed by atoms with Crippen LogP contribution >= 0.6 is 0 Å². The maximum absolute atomic E-state index is 10.3. The Balaban J connectivity index is 0. The summed E-state index contributed by atoms with van der Waals surface area (Å²) in [6.45, 7) is 2.12. The van der Waals surface area contributed by atoms with Gasteiger partial charge in [-0.1, -0.05) is 13.3 Å². The van der Waals surface area contributed by atoms with E-state index in [0.29, 0.717) is 6.42 Å². The molecule has 1 N–H and O–H groups in total. The molecular formula is C5H10KNO4S. The molecule has 0 aromatic carbocycles. The average molecular weight is 219 g/mol. The van der Waals surface area contributed by atoms with Crippen LogP contribution in [0.1, 0.15) is 19.8 Å². The second-order valence-electron chi connectivity index (χ2n) is 2.02. The molecule has 5 nitrogen and oxygen atoms in total. The summed E-state index contributed by atoms with van der Waals surface area (Å²) in [5, 5.41) is 0.545. The van der Waals surface area contributed by atoms with Gasteiger partial charge in [0.05, 0.1) is 0 Å². The standard InChI is InChI=1S/C5H11NO4S.K/c1-2-3-4-6-5(7)11(8,9)10;/h2-4H2,1H3,(H,6,7)(H,8,9,10);/q;+1/p-1. The minimum atomic E-state index is -4.78. The molecule has 0 aromatic heterocycles. The maximum atomic E-state index is 10.3. The molecule has 0 unspecified atom stereocenters. The van der Waals surface area contributed by atoms with Crippen molar-refractivity contribution in [3.05, 3.63) is 0 Å². The first-order chi connectivity index (χ1) is 4.98. The smallest absolute Gasteiger partial charge is 0.740 e. The van der Waals surface area contributed by atoms with E-state index in [1.54, 1.807) is 0 Å². The molecule has 0 saturated carbocycles. The number of nitrogens with one attached hydrogen (secondary N) is 1. The van der Waals surface area contributed by atoms with E-state index in [-0.39, 0.29) is 57.9 Å². The van der Waals surface area contributed by atoms with Crippen LogP contribution in [0.3, 0.4) is 0 Å². The molecule has 7 heteroatoms. The Morgan fingerprint density at radius 3 is 2.33 bits per heavy atom. The Labute approximate surface area is 114 Å². The van der Waals surface area contributed by atoms with Crippen molar-refractivity contribution in [3.63, 3.8) is 0 Å². The van der Waals surface area contributed by atoms with Gasteiger partial charge in [0.1, 0.15) is 0 Å². The zero-order chi connectivity index (χ0) is 8.91. The molecule has 0 fully saturated rings. The summed E-state index contributed by atoms with van der Waals surface area (Å²) in [6.07, 6.45) is 1.50. The number of carbonyl (C=O) groups is 1. The number of hydrogen-bond donors (Lipinski definition) is 1. The first-order valence-electron chi connectivity index (χ1n) is 3.22. The number of amides is 1. The molecule has 1 amide bonds. The predicted molar refractivity (Wildman–Crippen MR) is 38.0 cm³/mol. The second kappa shape index (κ2) is 7.42. The molecule has 0 radical (unpaired) electrons. The van der Waals surface area contributed by atoms with Gasteiger partial charge in [-0.05, 0) is 6.42 Å². The van der Waals surface area contributed by atoms with E-state index in [9.17, 15) is 17.8 Å². The van der Waals surface area contributed by atoms with Crippen molar-refractivity contribution in [2.24, 2.45) is 0 Å². The molecule has 0 saturated heterocycles. The van der Waals surface area contributed by atoms with Crippen molar-refractivity contribution in [1.29, 1.82) is 0 Å². The van der Waals surface area contributed by atoms with Gasteiger partial charge in [0.2, 0.25) is 0 Å². The van der Waals surface area contributed by atoms with E-state index in [4.69, 9.17) is 0 Å². The topological polar surface area (TPSA) is 86.3 Å². The van der Waals surface area contributed by atoms with Crippen LogP contribution in [0.2, 0.25) is 0 Å². The van der Waals surface area contributed by atoms with Crippen molar-refractivity contribution in [3.8, 4) is 0 Å². The fourth-order valence-corrected chi connectivity index (χ4v) is 0.734. The van der Waals surface area contributed by atoms with Gasteiger partial charge in [-0.2, -0.15) is 0 Å². The number of rotatable bonds is 3. The summed E-state index contributed by atoms with van der Waals surface area (Å²) >= 11 is 0. The van der Waals surface area contributed by atoms with Gasteiger partial charge >= 0.3 is 56.6 Å². The Morgan fingerprint density at radius 2 is 2.00 bits per heavy atom. The normalized spacial score (nSPS) is 10.2. The summed E-state index contributed by atoms with van der Waals surface area (Å²) in [7, 11) is -4.78.